The van der Waals surface area contributed by atoms with Crippen molar-refractivity contribution in [3.05, 3.63) is 28.8 Å². The van der Waals surface area contributed by atoms with E-state index in [4.69, 9.17) is 22.4 Å². The predicted octanol–water partition coefficient (Wildman–Crippen LogP) is 1.52. The van der Waals surface area contributed by atoms with E-state index < -0.39 is 11.4 Å². The number of nitrogens with two attached hydrogens (primary N) is 1. The van der Waals surface area contributed by atoms with E-state index in [0.717, 1.165) is 0 Å². The Bertz CT molecular complexity index is 512. The number of hydrogen-bond donors (Lipinski definition) is 3. The SMILES string of the molecule is Nc1cc(C(=O)NCC2(C(=O)O)CC2)ccc1Cl. The maximum absolute atomic E-state index is 11.8. The molecule has 1 aromatic carbocycles. The van der Waals surface area contributed by atoms with E-state index >= 15 is 0 Å². The molecule has 0 aliphatic heterocycles. The number of aliphatic carboxylic acids is 1. The van der Waals surface area contributed by atoms with Crippen molar-refractivity contribution in [2.75, 3.05) is 12.3 Å². The molecule has 6 heteroatoms. The van der Waals surface area contributed by atoms with Crippen LogP contribution in [0.25, 0.3) is 0 Å². The summed E-state index contributed by atoms with van der Waals surface area (Å²) in [5, 5.41) is 12.0. The summed E-state index contributed by atoms with van der Waals surface area (Å²) in [4.78, 5) is 22.7. The van der Waals surface area contributed by atoms with Crippen molar-refractivity contribution >= 4 is 29.2 Å². The Labute approximate surface area is 109 Å². The highest BCUT2D eigenvalue weighted by Gasteiger charge is 2.50. The molecule has 1 saturated carbocycles. The first-order valence-electron chi connectivity index (χ1n) is 5.51. The van der Waals surface area contributed by atoms with E-state index in [1.165, 1.54) is 12.1 Å². The average molecular weight is 269 g/mol. The molecule has 0 saturated heterocycles. The van der Waals surface area contributed by atoms with Crippen LogP contribution in [0.2, 0.25) is 5.02 Å². The van der Waals surface area contributed by atoms with Crippen LogP contribution in [-0.4, -0.2) is 23.5 Å². The van der Waals surface area contributed by atoms with Crippen LogP contribution in [0.1, 0.15) is 23.2 Å². The monoisotopic (exact) mass is 268 g/mol. The quantitative estimate of drug-likeness (QED) is 0.722. The number of amides is 1. The molecule has 1 aliphatic carbocycles. The van der Waals surface area contributed by atoms with Crippen molar-refractivity contribution in [3.8, 4) is 0 Å². The number of halogens is 1. The molecular weight excluding hydrogens is 256 g/mol. The summed E-state index contributed by atoms with van der Waals surface area (Å²) in [6, 6.07) is 4.56. The second-order valence-corrected chi connectivity index (χ2v) is 4.91. The van der Waals surface area contributed by atoms with Gasteiger partial charge in [0.25, 0.3) is 5.91 Å². The first-order valence-corrected chi connectivity index (χ1v) is 5.89. The van der Waals surface area contributed by atoms with E-state index in [9.17, 15) is 9.59 Å². The minimum atomic E-state index is -0.863. The largest absolute Gasteiger partial charge is 0.481 e. The van der Waals surface area contributed by atoms with Gasteiger partial charge in [0.15, 0.2) is 0 Å². The highest BCUT2D eigenvalue weighted by molar-refractivity contribution is 6.33. The third-order valence-corrected chi connectivity index (χ3v) is 3.50. The van der Waals surface area contributed by atoms with Crippen molar-refractivity contribution in [2.24, 2.45) is 5.41 Å². The number of carbonyl (C=O) groups is 2. The van der Waals surface area contributed by atoms with E-state index in [2.05, 4.69) is 5.32 Å². The van der Waals surface area contributed by atoms with Crippen LogP contribution in [0.4, 0.5) is 5.69 Å². The number of rotatable bonds is 4. The van der Waals surface area contributed by atoms with E-state index in [0.29, 0.717) is 29.1 Å². The van der Waals surface area contributed by atoms with Crippen LogP contribution in [0.3, 0.4) is 0 Å². The molecule has 1 amide bonds. The Morgan fingerprint density at radius 1 is 1.44 bits per heavy atom. The molecule has 0 heterocycles. The van der Waals surface area contributed by atoms with Crippen molar-refractivity contribution in [3.63, 3.8) is 0 Å². The van der Waals surface area contributed by atoms with Gasteiger partial charge in [-0.05, 0) is 31.0 Å². The number of nitrogens with one attached hydrogen (secondary N) is 1. The Morgan fingerprint density at radius 2 is 2.11 bits per heavy atom. The average Bonchev–Trinajstić information content (AvgIpc) is 3.11. The lowest BCUT2D eigenvalue weighted by molar-refractivity contribution is -0.143. The molecule has 1 aromatic rings. The van der Waals surface area contributed by atoms with Gasteiger partial charge in [0, 0.05) is 12.1 Å². The lowest BCUT2D eigenvalue weighted by atomic mass is 10.1. The molecule has 5 nitrogen and oxygen atoms in total. The summed E-state index contributed by atoms with van der Waals surface area (Å²) in [6.07, 6.45) is 1.21. The van der Waals surface area contributed by atoms with Gasteiger partial charge in [-0.15, -0.1) is 0 Å². The number of anilines is 1. The maximum Gasteiger partial charge on any atom is 0.311 e. The van der Waals surface area contributed by atoms with Crippen LogP contribution < -0.4 is 11.1 Å². The molecule has 0 spiro atoms. The molecule has 18 heavy (non-hydrogen) atoms. The van der Waals surface area contributed by atoms with Gasteiger partial charge >= 0.3 is 5.97 Å². The summed E-state index contributed by atoms with van der Waals surface area (Å²) in [6.45, 7) is 0.143. The number of carboxylic acids is 1. The number of hydrogen-bond acceptors (Lipinski definition) is 3. The lowest BCUT2D eigenvalue weighted by Crippen LogP contribution is -2.34. The van der Waals surface area contributed by atoms with E-state index in [-0.39, 0.29) is 12.5 Å². The van der Waals surface area contributed by atoms with Gasteiger partial charge in [-0.1, -0.05) is 11.6 Å². The molecule has 0 bridgehead atoms. The number of carbonyl (C=O) groups excluding carboxylic acids is 1. The molecule has 4 N–H and O–H groups in total. The maximum atomic E-state index is 11.8. The Balaban J connectivity index is 2.00. The van der Waals surface area contributed by atoms with Crippen molar-refractivity contribution in [1.29, 1.82) is 0 Å². The molecule has 2 rings (SSSR count). The summed E-state index contributed by atoms with van der Waals surface area (Å²) in [5.41, 5.74) is 5.52. The van der Waals surface area contributed by atoms with Gasteiger partial charge in [-0.25, -0.2) is 0 Å². The predicted molar refractivity (Wildman–Crippen MR) is 67.5 cm³/mol. The van der Waals surface area contributed by atoms with Gasteiger partial charge in [0.05, 0.1) is 16.1 Å². The summed E-state index contributed by atoms with van der Waals surface area (Å²) < 4.78 is 0. The first kappa shape index (κ1) is 12.7. The van der Waals surface area contributed by atoms with Crippen LogP contribution >= 0.6 is 11.6 Å². The topological polar surface area (TPSA) is 92.4 Å². The number of carboxylic acid groups (broad SMARTS) is 1. The number of nitrogen functional groups attached to an aromatic ring is 1. The molecule has 96 valence electrons. The normalized spacial score (nSPS) is 16.1. The molecule has 0 unspecified atom stereocenters. The van der Waals surface area contributed by atoms with Gasteiger partial charge < -0.3 is 16.2 Å². The second kappa shape index (κ2) is 4.49. The van der Waals surface area contributed by atoms with Crippen molar-refractivity contribution in [1.82, 2.24) is 5.32 Å². The highest BCUT2D eigenvalue weighted by atomic mass is 35.5. The molecule has 0 atom stereocenters. The Morgan fingerprint density at radius 3 is 2.61 bits per heavy atom. The zero-order valence-electron chi connectivity index (χ0n) is 9.57. The molecular formula is C12H13ClN2O3. The standard InChI is InChI=1S/C12H13ClN2O3/c13-8-2-1-7(5-9(8)14)10(16)15-6-12(3-4-12)11(17)18/h1-2,5H,3-4,6,14H2,(H,15,16)(H,17,18). The summed E-state index contributed by atoms with van der Waals surface area (Å²) >= 11 is 5.75. The third-order valence-electron chi connectivity index (χ3n) is 3.15. The van der Waals surface area contributed by atoms with Gasteiger partial charge in [0.1, 0.15) is 0 Å². The molecule has 0 aromatic heterocycles. The van der Waals surface area contributed by atoms with Crippen LogP contribution in [0.15, 0.2) is 18.2 Å². The van der Waals surface area contributed by atoms with Gasteiger partial charge in [-0.2, -0.15) is 0 Å². The summed E-state index contributed by atoms with van der Waals surface area (Å²) in [7, 11) is 0. The lowest BCUT2D eigenvalue weighted by Gasteiger charge is -2.11. The Kier molecular flexibility index (Phi) is 3.17. The molecule has 0 radical (unpaired) electrons. The van der Waals surface area contributed by atoms with Gasteiger partial charge in [0.2, 0.25) is 0 Å². The highest BCUT2D eigenvalue weighted by Crippen LogP contribution is 2.45. The minimum absolute atomic E-state index is 0.143. The molecule has 1 aliphatic rings. The number of benzene rings is 1. The fraction of sp³-hybridized carbons (Fsp3) is 0.333. The van der Waals surface area contributed by atoms with Crippen molar-refractivity contribution in [2.45, 2.75) is 12.8 Å². The smallest absolute Gasteiger partial charge is 0.311 e. The minimum Gasteiger partial charge on any atom is -0.481 e. The van der Waals surface area contributed by atoms with Crippen LogP contribution in [0, 0.1) is 5.41 Å². The second-order valence-electron chi connectivity index (χ2n) is 4.50. The molecule has 1 fully saturated rings. The van der Waals surface area contributed by atoms with E-state index in [1.807, 2.05) is 0 Å². The van der Waals surface area contributed by atoms with Crippen molar-refractivity contribution < 1.29 is 14.7 Å². The Hall–Kier alpha value is -1.75. The fourth-order valence-electron chi connectivity index (χ4n) is 1.65. The zero-order chi connectivity index (χ0) is 13.3. The zero-order valence-corrected chi connectivity index (χ0v) is 10.3. The third kappa shape index (κ3) is 2.41. The van der Waals surface area contributed by atoms with Crippen LogP contribution in [-0.2, 0) is 4.79 Å². The summed E-state index contributed by atoms with van der Waals surface area (Å²) in [5.74, 6) is -1.20. The van der Waals surface area contributed by atoms with Gasteiger partial charge in [-0.3, -0.25) is 9.59 Å². The van der Waals surface area contributed by atoms with Crippen LogP contribution in [0.5, 0.6) is 0 Å². The fourth-order valence-corrected chi connectivity index (χ4v) is 1.77. The van der Waals surface area contributed by atoms with E-state index in [1.54, 1.807) is 6.07 Å². The first-order chi connectivity index (χ1) is 8.44.